The Kier molecular flexibility index (Phi) is 6.02. The summed E-state index contributed by atoms with van der Waals surface area (Å²) in [5.74, 6) is 0.837. The van der Waals surface area contributed by atoms with Gasteiger partial charge in [0.15, 0.2) is 5.11 Å². The molecule has 1 aromatic carbocycles. The van der Waals surface area contributed by atoms with Crippen LogP contribution in [0.1, 0.15) is 43.0 Å². The van der Waals surface area contributed by atoms with Crippen molar-refractivity contribution < 1.29 is 4.74 Å². The quantitative estimate of drug-likeness (QED) is 0.374. The van der Waals surface area contributed by atoms with Crippen LogP contribution < -0.4 is 15.0 Å². The van der Waals surface area contributed by atoms with Gasteiger partial charge in [-0.2, -0.15) is 0 Å². The first-order chi connectivity index (χ1) is 16.5. The van der Waals surface area contributed by atoms with Crippen molar-refractivity contribution in [1.82, 2.24) is 19.9 Å². The lowest BCUT2D eigenvalue weighted by molar-refractivity contribution is 0.242. The van der Waals surface area contributed by atoms with Crippen molar-refractivity contribution in [2.45, 2.75) is 39.0 Å². The Labute approximate surface area is 205 Å². The third kappa shape index (κ3) is 4.15. The average molecular weight is 470 g/mol. The normalized spacial score (nSPS) is 17.8. The van der Waals surface area contributed by atoms with E-state index in [1.165, 1.54) is 0 Å². The van der Waals surface area contributed by atoms with Crippen LogP contribution in [0, 0.1) is 6.92 Å². The van der Waals surface area contributed by atoms with E-state index in [4.69, 9.17) is 17.0 Å². The lowest BCUT2D eigenvalue weighted by Gasteiger charge is -2.29. The van der Waals surface area contributed by atoms with Crippen molar-refractivity contribution in [2.75, 3.05) is 4.90 Å². The van der Waals surface area contributed by atoms with Crippen LogP contribution in [-0.2, 0) is 0 Å². The maximum absolute atomic E-state index is 5.88. The predicted molar refractivity (Wildman–Crippen MR) is 138 cm³/mol. The zero-order valence-electron chi connectivity index (χ0n) is 19.4. The number of anilines is 1. The summed E-state index contributed by atoms with van der Waals surface area (Å²) in [4.78, 5) is 11.2. The zero-order chi connectivity index (χ0) is 23.7. The molecule has 1 fully saturated rings. The minimum absolute atomic E-state index is 0.117. The molecule has 5 rings (SSSR count). The van der Waals surface area contributed by atoms with Crippen LogP contribution in [0.15, 0.2) is 85.3 Å². The van der Waals surface area contributed by atoms with Gasteiger partial charge < -0.3 is 19.5 Å². The van der Waals surface area contributed by atoms with Gasteiger partial charge in [0.25, 0.3) is 0 Å². The van der Waals surface area contributed by atoms with E-state index in [2.05, 4.69) is 62.0 Å². The highest BCUT2D eigenvalue weighted by Gasteiger charge is 2.42. The van der Waals surface area contributed by atoms with Crippen molar-refractivity contribution in [3.63, 3.8) is 0 Å². The highest BCUT2D eigenvalue weighted by Crippen LogP contribution is 2.43. The first kappa shape index (κ1) is 22.1. The van der Waals surface area contributed by atoms with E-state index in [9.17, 15) is 0 Å². The van der Waals surface area contributed by atoms with Gasteiger partial charge in [-0.25, -0.2) is 0 Å². The van der Waals surface area contributed by atoms with Crippen LogP contribution >= 0.6 is 12.2 Å². The van der Waals surface area contributed by atoms with E-state index in [0.717, 1.165) is 34.2 Å². The topological polar surface area (TPSA) is 55.2 Å². The van der Waals surface area contributed by atoms with Gasteiger partial charge in [0, 0.05) is 29.5 Å². The van der Waals surface area contributed by atoms with Crippen LogP contribution in [0.5, 0.6) is 5.75 Å². The molecule has 0 saturated carbocycles. The standard InChI is InChI=1S/C27H27N5OS/c1-18(2)33-22-12-10-20(11-13-22)32-26(25(30-27(32)34)23-8-4-5-16-29-23)24-14-9-19(3)31(24)21-7-6-15-28-17-21/h4-18,25-26H,1-3H3,(H,30,34)/t25-,26+/m1/s1. The molecular formula is C27H27N5OS. The molecule has 1 N–H and O–H groups in total. The average Bonchev–Trinajstić information content (AvgIpc) is 3.39. The van der Waals surface area contributed by atoms with Gasteiger partial charge in [0.05, 0.1) is 29.7 Å². The molecule has 1 aliphatic rings. The molecule has 4 heterocycles. The first-order valence-electron chi connectivity index (χ1n) is 11.4. The number of thiocarbonyl (C=S) groups is 1. The third-order valence-corrected chi connectivity index (χ3v) is 6.21. The third-order valence-electron chi connectivity index (χ3n) is 5.90. The maximum Gasteiger partial charge on any atom is 0.174 e. The zero-order valence-corrected chi connectivity index (χ0v) is 20.2. The van der Waals surface area contributed by atoms with E-state index < -0.39 is 0 Å². The van der Waals surface area contributed by atoms with Crippen LogP contribution in [0.3, 0.4) is 0 Å². The summed E-state index contributed by atoms with van der Waals surface area (Å²) in [6, 6.07) is 22.2. The molecule has 0 amide bonds. The van der Waals surface area contributed by atoms with Crippen LogP contribution in [0.2, 0.25) is 0 Å². The van der Waals surface area contributed by atoms with Crippen LogP contribution in [0.4, 0.5) is 5.69 Å². The van der Waals surface area contributed by atoms with Gasteiger partial charge in [-0.15, -0.1) is 0 Å². The fraction of sp³-hybridized carbons (Fsp3) is 0.222. The number of nitrogens with zero attached hydrogens (tertiary/aromatic N) is 4. The van der Waals surface area contributed by atoms with Crippen LogP contribution in [0.25, 0.3) is 5.69 Å². The Morgan fingerprint density at radius 1 is 0.941 bits per heavy atom. The Bertz CT molecular complexity index is 1270. The Hall–Kier alpha value is -3.71. The van der Waals surface area contributed by atoms with Crippen molar-refractivity contribution in [2.24, 2.45) is 0 Å². The number of pyridine rings is 2. The number of hydrogen-bond acceptors (Lipinski definition) is 4. The van der Waals surface area contributed by atoms with E-state index >= 15 is 0 Å². The molecule has 172 valence electrons. The second-order valence-corrected chi connectivity index (χ2v) is 8.99. The lowest BCUT2D eigenvalue weighted by Crippen LogP contribution is -2.30. The second kappa shape index (κ2) is 9.27. The van der Waals surface area contributed by atoms with E-state index in [0.29, 0.717) is 5.11 Å². The number of hydrogen-bond donors (Lipinski definition) is 1. The van der Waals surface area contributed by atoms with Gasteiger partial charge >= 0.3 is 0 Å². The fourth-order valence-electron chi connectivity index (χ4n) is 4.52. The molecule has 6 nitrogen and oxygen atoms in total. The monoisotopic (exact) mass is 469 g/mol. The summed E-state index contributed by atoms with van der Waals surface area (Å²) in [5.41, 5.74) is 5.18. The molecule has 0 radical (unpaired) electrons. The van der Waals surface area contributed by atoms with Gasteiger partial charge in [-0.1, -0.05) is 6.07 Å². The molecule has 7 heteroatoms. The molecule has 2 atom stereocenters. The summed E-state index contributed by atoms with van der Waals surface area (Å²) in [6.07, 6.45) is 5.61. The van der Waals surface area contributed by atoms with Gasteiger partial charge in [-0.05, 0) is 93.7 Å². The van der Waals surface area contributed by atoms with Crippen molar-refractivity contribution >= 4 is 23.0 Å². The minimum atomic E-state index is -0.120. The summed E-state index contributed by atoms with van der Waals surface area (Å²) < 4.78 is 8.10. The number of nitrogens with one attached hydrogen (secondary N) is 1. The number of ether oxygens (including phenoxy) is 1. The molecule has 0 unspecified atom stereocenters. The Balaban J connectivity index is 1.63. The van der Waals surface area contributed by atoms with Crippen molar-refractivity contribution in [1.29, 1.82) is 0 Å². The molecular weight excluding hydrogens is 442 g/mol. The highest BCUT2D eigenvalue weighted by atomic mass is 32.1. The largest absolute Gasteiger partial charge is 0.491 e. The van der Waals surface area contributed by atoms with E-state index in [1.807, 2.05) is 62.6 Å². The fourth-order valence-corrected chi connectivity index (χ4v) is 4.87. The molecule has 0 bridgehead atoms. The SMILES string of the molecule is Cc1ccc([C@H]2[C@@H](c3ccccn3)NC(=S)N2c2ccc(OC(C)C)cc2)n1-c1cccnc1. The minimum Gasteiger partial charge on any atom is -0.491 e. The Morgan fingerprint density at radius 3 is 2.44 bits per heavy atom. The number of aryl methyl sites for hydroxylation is 1. The van der Waals surface area contributed by atoms with Crippen LogP contribution in [-0.4, -0.2) is 25.8 Å². The number of benzene rings is 1. The molecule has 1 saturated heterocycles. The van der Waals surface area contributed by atoms with E-state index in [1.54, 1.807) is 6.20 Å². The summed E-state index contributed by atoms with van der Waals surface area (Å²) in [5, 5.41) is 4.20. The smallest absolute Gasteiger partial charge is 0.174 e. The molecule has 1 aliphatic heterocycles. The Morgan fingerprint density at radius 2 is 1.76 bits per heavy atom. The second-order valence-electron chi connectivity index (χ2n) is 8.60. The summed E-state index contributed by atoms with van der Waals surface area (Å²) in [6.45, 7) is 6.15. The van der Waals surface area contributed by atoms with Gasteiger partial charge in [0.2, 0.25) is 0 Å². The molecule has 34 heavy (non-hydrogen) atoms. The molecule has 4 aromatic rings. The summed E-state index contributed by atoms with van der Waals surface area (Å²) >= 11 is 5.88. The lowest BCUT2D eigenvalue weighted by atomic mass is 10.0. The summed E-state index contributed by atoms with van der Waals surface area (Å²) in [7, 11) is 0. The van der Waals surface area contributed by atoms with Crippen molar-refractivity contribution in [3.05, 3.63) is 102 Å². The molecule has 3 aromatic heterocycles. The number of rotatable bonds is 6. The highest BCUT2D eigenvalue weighted by molar-refractivity contribution is 7.80. The van der Waals surface area contributed by atoms with Crippen molar-refractivity contribution in [3.8, 4) is 11.4 Å². The molecule has 0 spiro atoms. The van der Waals surface area contributed by atoms with E-state index in [-0.39, 0.29) is 18.2 Å². The number of aromatic nitrogens is 3. The predicted octanol–water partition coefficient (Wildman–Crippen LogP) is 5.54. The first-order valence-corrected chi connectivity index (χ1v) is 11.8. The molecule has 0 aliphatic carbocycles. The van der Waals surface area contributed by atoms with Gasteiger partial charge in [-0.3, -0.25) is 9.97 Å². The maximum atomic E-state index is 5.88. The van der Waals surface area contributed by atoms with Gasteiger partial charge in [0.1, 0.15) is 11.8 Å².